The molecule has 0 aliphatic rings. The van der Waals surface area contributed by atoms with Gasteiger partial charge in [0.15, 0.2) is 0 Å². The number of anilines is 1. The molecule has 100 valence electrons. The Morgan fingerprint density at radius 3 is 2.72 bits per heavy atom. The van der Waals surface area contributed by atoms with Crippen molar-refractivity contribution < 1.29 is 14.6 Å². The van der Waals surface area contributed by atoms with E-state index in [9.17, 15) is 9.90 Å². The maximum atomic E-state index is 11.7. The minimum absolute atomic E-state index is 0.00439. The van der Waals surface area contributed by atoms with Crippen LogP contribution in [0.4, 0.5) is 5.69 Å². The largest absolute Gasteiger partial charge is 0.462 e. The lowest BCUT2D eigenvalue weighted by Crippen LogP contribution is -2.15. The Morgan fingerprint density at radius 2 is 2.17 bits per heavy atom. The Balaban J connectivity index is 2.95. The molecule has 0 spiro atoms. The van der Waals surface area contributed by atoms with Gasteiger partial charge in [0, 0.05) is 10.1 Å². The standard InChI is InChI=1S/C13H19NO3S/c1-4-17-13(16)10-6-5-7-11(12(10)14)18-9(3)8(2)15/h5-9,15H,4,14H2,1-3H3. The van der Waals surface area contributed by atoms with E-state index in [2.05, 4.69) is 0 Å². The number of thioether (sulfide) groups is 1. The van der Waals surface area contributed by atoms with Gasteiger partial charge >= 0.3 is 5.97 Å². The lowest BCUT2D eigenvalue weighted by Gasteiger charge is -2.16. The van der Waals surface area contributed by atoms with Crippen molar-refractivity contribution in [1.82, 2.24) is 0 Å². The number of nitrogen functional groups attached to an aromatic ring is 1. The van der Waals surface area contributed by atoms with Gasteiger partial charge in [-0.15, -0.1) is 11.8 Å². The second-order valence-electron chi connectivity index (χ2n) is 4.00. The van der Waals surface area contributed by atoms with E-state index in [0.717, 1.165) is 4.90 Å². The summed E-state index contributed by atoms with van der Waals surface area (Å²) in [6.07, 6.45) is -0.444. The van der Waals surface area contributed by atoms with E-state index in [-0.39, 0.29) is 5.25 Å². The summed E-state index contributed by atoms with van der Waals surface area (Å²) in [5.41, 5.74) is 6.74. The minimum Gasteiger partial charge on any atom is -0.462 e. The molecule has 0 amide bonds. The molecule has 0 fully saturated rings. The number of hydrogen-bond acceptors (Lipinski definition) is 5. The molecule has 0 saturated carbocycles. The predicted octanol–water partition coefficient (Wildman–Crippen LogP) is 2.31. The Hall–Kier alpha value is -1.20. The molecule has 0 aliphatic carbocycles. The quantitative estimate of drug-likeness (QED) is 0.487. The molecule has 18 heavy (non-hydrogen) atoms. The Kier molecular flexibility index (Phi) is 5.50. The van der Waals surface area contributed by atoms with Gasteiger partial charge in [-0.3, -0.25) is 0 Å². The summed E-state index contributed by atoms with van der Waals surface area (Å²) >= 11 is 1.45. The van der Waals surface area contributed by atoms with E-state index in [1.807, 2.05) is 13.0 Å². The highest BCUT2D eigenvalue weighted by Crippen LogP contribution is 2.32. The van der Waals surface area contributed by atoms with E-state index >= 15 is 0 Å². The van der Waals surface area contributed by atoms with Gasteiger partial charge < -0.3 is 15.6 Å². The number of hydrogen-bond donors (Lipinski definition) is 2. The molecule has 0 radical (unpaired) electrons. The third-order valence-electron chi connectivity index (χ3n) is 2.55. The molecule has 0 heterocycles. The van der Waals surface area contributed by atoms with Crippen LogP contribution in [0.25, 0.3) is 0 Å². The fourth-order valence-electron chi connectivity index (χ4n) is 1.33. The summed E-state index contributed by atoms with van der Waals surface area (Å²) in [5.74, 6) is -0.415. The van der Waals surface area contributed by atoms with E-state index in [1.165, 1.54) is 11.8 Å². The SMILES string of the molecule is CCOC(=O)c1cccc(SC(C)C(C)O)c1N. The first-order chi connectivity index (χ1) is 8.47. The van der Waals surface area contributed by atoms with Gasteiger partial charge in [0.1, 0.15) is 0 Å². The maximum Gasteiger partial charge on any atom is 0.340 e. The van der Waals surface area contributed by atoms with Crippen LogP contribution in [0.15, 0.2) is 23.1 Å². The summed E-state index contributed by atoms with van der Waals surface area (Å²) in [7, 11) is 0. The molecule has 3 N–H and O–H groups in total. The van der Waals surface area contributed by atoms with Crippen LogP contribution >= 0.6 is 11.8 Å². The van der Waals surface area contributed by atoms with Crippen molar-refractivity contribution in [3.8, 4) is 0 Å². The number of nitrogens with two attached hydrogens (primary N) is 1. The molecule has 4 nitrogen and oxygen atoms in total. The van der Waals surface area contributed by atoms with Crippen LogP contribution in [-0.4, -0.2) is 29.0 Å². The number of para-hydroxylation sites is 1. The summed E-state index contributed by atoms with van der Waals surface area (Å²) < 4.78 is 4.94. The van der Waals surface area contributed by atoms with Crippen LogP contribution in [0.5, 0.6) is 0 Å². The van der Waals surface area contributed by atoms with Crippen LogP contribution in [0.3, 0.4) is 0 Å². The first kappa shape index (κ1) is 14.9. The Bertz CT molecular complexity index is 421. The molecule has 0 aliphatic heterocycles. The lowest BCUT2D eigenvalue weighted by atomic mass is 10.2. The third-order valence-corrected chi connectivity index (χ3v) is 3.93. The highest BCUT2D eigenvalue weighted by atomic mass is 32.2. The molecule has 2 unspecified atom stereocenters. The van der Waals surface area contributed by atoms with Crippen molar-refractivity contribution in [3.05, 3.63) is 23.8 Å². The highest BCUT2D eigenvalue weighted by Gasteiger charge is 2.17. The fourth-order valence-corrected chi connectivity index (χ4v) is 2.32. The number of carbonyl (C=O) groups is 1. The van der Waals surface area contributed by atoms with Crippen LogP contribution < -0.4 is 5.73 Å². The van der Waals surface area contributed by atoms with Crippen LogP contribution in [0.2, 0.25) is 0 Å². The first-order valence-electron chi connectivity index (χ1n) is 5.87. The van der Waals surface area contributed by atoms with E-state index in [4.69, 9.17) is 10.5 Å². The number of benzene rings is 1. The van der Waals surface area contributed by atoms with Crippen molar-refractivity contribution in [2.75, 3.05) is 12.3 Å². The van der Waals surface area contributed by atoms with Crippen molar-refractivity contribution in [2.24, 2.45) is 0 Å². The molecule has 1 aromatic carbocycles. The zero-order chi connectivity index (χ0) is 13.7. The normalized spacial score (nSPS) is 14.0. The smallest absolute Gasteiger partial charge is 0.340 e. The Morgan fingerprint density at radius 1 is 1.50 bits per heavy atom. The van der Waals surface area contributed by atoms with Crippen molar-refractivity contribution in [2.45, 2.75) is 37.0 Å². The molecule has 2 atom stereocenters. The van der Waals surface area contributed by atoms with Gasteiger partial charge in [0.25, 0.3) is 0 Å². The monoisotopic (exact) mass is 269 g/mol. The summed E-state index contributed by atoms with van der Waals surface area (Å²) in [4.78, 5) is 12.5. The van der Waals surface area contributed by atoms with Gasteiger partial charge in [-0.25, -0.2) is 4.79 Å². The van der Waals surface area contributed by atoms with Crippen LogP contribution in [-0.2, 0) is 4.74 Å². The molecule has 0 bridgehead atoms. The molecule has 5 heteroatoms. The number of esters is 1. The van der Waals surface area contributed by atoms with E-state index in [1.54, 1.807) is 26.0 Å². The van der Waals surface area contributed by atoms with Crippen molar-refractivity contribution in [1.29, 1.82) is 0 Å². The number of carbonyl (C=O) groups excluding carboxylic acids is 1. The van der Waals surface area contributed by atoms with Gasteiger partial charge in [-0.05, 0) is 26.0 Å². The average molecular weight is 269 g/mol. The number of ether oxygens (including phenoxy) is 1. The third kappa shape index (κ3) is 3.65. The summed E-state index contributed by atoms with van der Waals surface area (Å²) in [6.45, 7) is 5.71. The summed E-state index contributed by atoms with van der Waals surface area (Å²) in [6, 6.07) is 5.24. The Labute approximate surface area is 112 Å². The van der Waals surface area contributed by atoms with E-state index < -0.39 is 12.1 Å². The number of rotatable bonds is 5. The zero-order valence-corrected chi connectivity index (χ0v) is 11.7. The molecule has 1 aromatic rings. The first-order valence-corrected chi connectivity index (χ1v) is 6.75. The lowest BCUT2D eigenvalue weighted by molar-refractivity contribution is 0.0527. The van der Waals surface area contributed by atoms with Crippen LogP contribution in [0, 0.1) is 0 Å². The number of aliphatic hydroxyl groups excluding tert-OH is 1. The van der Waals surface area contributed by atoms with Crippen molar-refractivity contribution >= 4 is 23.4 Å². The van der Waals surface area contributed by atoms with E-state index in [0.29, 0.717) is 17.9 Å². The summed E-state index contributed by atoms with van der Waals surface area (Å²) in [5, 5.41) is 9.49. The van der Waals surface area contributed by atoms with Gasteiger partial charge in [-0.2, -0.15) is 0 Å². The van der Waals surface area contributed by atoms with Gasteiger partial charge in [-0.1, -0.05) is 13.0 Å². The molecular formula is C13H19NO3S. The fraction of sp³-hybridized carbons (Fsp3) is 0.462. The van der Waals surface area contributed by atoms with Gasteiger partial charge in [0.05, 0.1) is 24.0 Å². The topological polar surface area (TPSA) is 72.5 Å². The van der Waals surface area contributed by atoms with Gasteiger partial charge in [0.2, 0.25) is 0 Å². The molecule has 1 rings (SSSR count). The van der Waals surface area contributed by atoms with Crippen molar-refractivity contribution in [3.63, 3.8) is 0 Å². The predicted molar refractivity (Wildman–Crippen MR) is 73.8 cm³/mol. The number of aliphatic hydroxyl groups is 1. The second-order valence-corrected chi connectivity index (χ2v) is 5.42. The maximum absolute atomic E-state index is 11.7. The molecular weight excluding hydrogens is 250 g/mol. The molecule has 0 aromatic heterocycles. The van der Waals surface area contributed by atoms with Crippen LogP contribution in [0.1, 0.15) is 31.1 Å². The average Bonchev–Trinajstić information content (AvgIpc) is 2.31. The zero-order valence-electron chi connectivity index (χ0n) is 10.8. The molecule has 0 saturated heterocycles. The second kappa shape index (κ2) is 6.66. The minimum atomic E-state index is -0.444. The highest BCUT2D eigenvalue weighted by molar-refractivity contribution is 8.00.